The summed E-state index contributed by atoms with van der Waals surface area (Å²) >= 11 is 0. The van der Waals surface area contributed by atoms with E-state index in [9.17, 15) is 0 Å². The third-order valence-electron chi connectivity index (χ3n) is 5.27. The van der Waals surface area contributed by atoms with Crippen molar-refractivity contribution in [3.05, 3.63) is 0 Å². The summed E-state index contributed by atoms with van der Waals surface area (Å²) in [5, 5.41) is 3.55. The number of hydrogen-bond acceptors (Lipinski definition) is 1. The molecule has 1 atom stereocenters. The molecular weight excluding hydrogens is 194 g/mol. The average molecular weight is 217 g/mol. The van der Waals surface area contributed by atoms with Gasteiger partial charge in [0.1, 0.15) is 0 Å². The summed E-state index contributed by atoms with van der Waals surface area (Å²) in [7, 11) is 0. The average Bonchev–Trinajstić information content (AvgIpc) is 2.23. The Morgan fingerprint density at radius 1 is 1.19 bits per heavy atom. The lowest BCUT2D eigenvalue weighted by Crippen LogP contribution is -2.55. The molecule has 4 aliphatic carbocycles. The van der Waals surface area contributed by atoms with E-state index in [0.29, 0.717) is 11.5 Å². The molecule has 0 saturated heterocycles. The summed E-state index contributed by atoms with van der Waals surface area (Å²) in [6, 6.07) is 0.339. The first-order valence-corrected chi connectivity index (χ1v) is 6.95. The molecule has 0 aromatic heterocycles. The quantitative estimate of drug-likeness (QED) is 0.717. The maximum atomic E-state index is 5.77. The van der Waals surface area contributed by atoms with Crippen LogP contribution >= 0.6 is 0 Å². The van der Waals surface area contributed by atoms with Gasteiger partial charge in [-0.05, 0) is 68.2 Å². The van der Waals surface area contributed by atoms with E-state index in [4.69, 9.17) is 6.42 Å². The van der Waals surface area contributed by atoms with Gasteiger partial charge in [-0.3, -0.25) is 0 Å². The van der Waals surface area contributed by atoms with Crippen LogP contribution in [-0.4, -0.2) is 12.6 Å². The zero-order valence-electron chi connectivity index (χ0n) is 10.3. The van der Waals surface area contributed by atoms with Gasteiger partial charge in [-0.25, -0.2) is 0 Å². The van der Waals surface area contributed by atoms with Crippen molar-refractivity contribution >= 4 is 0 Å². The standard InChI is InChI=1S/C15H23N/c1-3-14(16-4-2)15-8-11-5-12(9-15)7-13(6-11)10-15/h1,11-14,16H,4-10H2,2H3. The Bertz CT molecular complexity index is 277. The van der Waals surface area contributed by atoms with E-state index in [2.05, 4.69) is 18.2 Å². The van der Waals surface area contributed by atoms with E-state index >= 15 is 0 Å². The lowest BCUT2D eigenvalue weighted by Gasteiger charge is -2.58. The lowest BCUT2D eigenvalue weighted by molar-refractivity contribution is -0.0630. The third kappa shape index (κ3) is 1.51. The molecule has 0 aliphatic heterocycles. The first-order valence-electron chi connectivity index (χ1n) is 6.95. The molecule has 0 spiro atoms. The number of hydrogen-bond donors (Lipinski definition) is 1. The zero-order valence-corrected chi connectivity index (χ0v) is 10.3. The van der Waals surface area contributed by atoms with Crippen LogP contribution in [0.1, 0.15) is 45.4 Å². The van der Waals surface area contributed by atoms with E-state index in [1.54, 1.807) is 0 Å². The molecule has 88 valence electrons. The van der Waals surface area contributed by atoms with Crippen LogP contribution in [0.15, 0.2) is 0 Å². The summed E-state index contributed by atoms with van der Waals surface area (Å²) < 4.78 is 0. The van der Waals surface area contributed by atoms with Crippen LogP contribution in [0, 0.1) is 35.5 Å². The van der Waals surface area contributed by atoms with Crippen molar-refractivity contribution in [3.8, 4) is 12.3 Å². The fraction of sp³-hybridized carbons (Fsp3) is 0.867. The summed E-state index contributed by atoms with van der Waals surface area (Å²) in [4.78, 5) is 0. The molecule has 4 rings (SSSR count). The summed E-state index contributed by atoms with van der Waals surface area (Å²) in [6.45, 7) is 3.18. The van der Waals surface area contributed by atoms with Gasteiger partial charge in [-0.1, -0.05) is 12.8 Å². The number of terminal acetylenes is 1. The van der Waals surface area contributed by atoms with Gasteiger partial charge in [0.05, 0.1) is 6.04 Å². The topological polar surface area (TPSA) is 12.0 Å². The van der Waals surface area contributed by atoms with Crippen molar-refractivity contribution < 1.29 is 0 Å². The third-order valence-corrected chi connectivity index (χ3v) is 5.27. The molecule has 0 aromatic rings. The number of rotatable bonds is 3. The van der Waals surface area contributed by atoms with E-state index in [0.717, 1.165) is 24.3 Å². The Morgan fingerprint density at radius 3 is 2.06 bits per heavy atom. The monoisotopic (exact) mass is 217 g/mol. The van der Waals surface area contributed by atoms with Crippen LogP contribution in [0.5, 0.6) is 0 Å². The van der Waals surface area contributed by atoms with Crippen molar-refractivity contribution in [1.29, 1.82) is 0 Å². The Balaban J connectivity index is 1.85. The van der Waals surface area contributed by atoms with Crippen LogP contribution in [0.2, 0.25) is 0 Å². The van der Waals surface area contributed by atoms with Crippen LogP contribution in [-0.2, 0) is 0 Å². The van der Waals surface area contributed by atoms with E-state index in [1.165, 1.54) is 38.5 Å². The van der Waals surface area contributed by atoms with Crippen molar-refractivity contribution in [2.24, 2.45) is 23.2 Å². The van der Waals surface area contributed by atoms with Gasteiger partial charge in [0.25, 0.3) is 0 Å². The van der Waals surface area contributed by atoms with Gasteiger partial charge in [0.15, 0.2) is 0 Å². The highest BCUT2D eigenvalue weighted by atomic mass is 14.9. The van der Waals surface area contributed by atoms with E-state index in [-0.39, 0.29) is 0 Å². The minimum absolute atomic E-state index is 0.339. The zero-order chi connectivity index (χ0) is 11.2. The molecule has 16 heavy (non-hydrogen) atoms. The van der Waals surface area contributed by atoms with Crippen LogP contribution in [0.4, 0.5) is 0 Å². The Morgan fingerprint density at radius 2 is 1.69 bits per heavy atom. The first kappa shape index (κ1) is 10.7. The molecule has 4 saturated carbocycles. The lowest BCUT2D eigenvalue weighted by atomic mass is 9.48. The highest BCUT2D eigenvalue weighted by Crippen LogP contribution is 2.61. The van der Waals surface area contributed by atoms with Crippen molar-refractivity contribution in [3.63, 3.8) is 0 Å². The molecule has 1 heteroatoms. The van der Waals surface area contributed by atoms with Gasteiger partial charge in [-0.15, -0.1) is 6.42 Å². The van der Waals surface area contributed by atoms with E-state index in [1.807, 2.05) is 0 Å². The minimum atomic E-state index is 0.339. The van der Waals surface area contributed by atoms with Gasteiger partial charge < -0.3 is 5.32 Å². The normalized spacial score (nSPS) is 46.6. The second-order valence-corrected chi connectivity index (χ2v) is 6.44. The smallest absolute Gasteiger partial charge is 0.0744 e. The maximum absolute atomic E-state index is 5.77. The van der Waals surface area contributed by atoms with Crippen LogP contribution in [0.25, 0.3) is 0 Å². The molecule has 1 N–H and O–H groups in total. The highest BCUT2D eigenvalue weighted by Gasteiger charge is 2.53. The molecule has 1 nitrogen and oxygen atoms in total. The number of nitrogens with one attached hydrogen (secondary N) is 1. The van der Waals surface area contributed by atoms with Crippen molar-refractivity contribution in [2.75, 3.05) is 6.54 Å². The van der Waals surface area contributed by atoms with Gasteiger partial charge in [0.2, 0.25) is 0 Å². The Labute approximate surface area is 99.4 Å². The predicted octanol–water partition coefficient (Wildman–Crippen LogP) is 2.81. The Kier molecular flexibility index (Phi) is 2.51. The fourth-order valence-electron chi connectivity index (χ4n) is 5.19. The van der Waals surface area contributed by atoms with Crippen LogP contribution in [0.3, 0.4) is 0 Å². The first-order chi connectivity index (χ1) is 7.75. The van der Waals surface area contributed by atoms with Crippen molar-refractivity contribution in [1.82, 2.24) is 5.32 Å². The molecular formula is C15H23N. The molecule has 0 radical (unpaired) electrons. The SMILES string of the molecule is C#CC(NCC)C12CC3CC(CC(C3)C1)C2. The predicted molar refractivity (Wildman–Crippen MR) is 66.9 cm³/mol. The molecule has 1 unspecified atom stereocenters. The second kappa shape index (κ2) is 3.77. The second-order valence-electron chi connectivity index (χ2n) is 6.44. The summed E-state index contributed by atoms with van der Waals surface area (Å²) in [6.07, 6.45) is 14.5. The van der Waals surface area contributed by atoms with Gasteiger partial charge in [0, 0.05) is 0 Å². The van der Waals surface area contributed by atoms with Gasteiger partial charge >= 0.3 is 0 Å². The molecule has 4 aliphatic rings. The minimum Gasteiger partial charge on any atom is -0.304 e. The Hall–Kier alpha value is -0.480. The molecule has 4 fully saturated rings. The van der Waals surface area contributed by atoms with Gasteiger partial charge in [-0.2, -0.15) is 0 Å². The van der Waals surface area contributed by atoms with Crippen molar-refractivity contribution in [2.45, 2.75) is 51.5 Å². The highest BCUT2D eigenvalue weighted by molar-refractivity contribution is 5.14. The summed E-state index contributed by atoms with van der Waals surface area (Å²) in [5.41, 5.74) is 0.472. The maximum Gasteiger partial charge on any atom is 0.0744 e. The molecule has 0 amide bonds. The van der Waals surface area contributed by atoms with Crippen LogP contribution < -0.4 is 5.32 Å². The largest absolute Gasteiger partial charge is 0.304 e. The fourth-order valence-corrected chi connectivity index (χ4v) is 5.19. The molecule has 0 heterocycles. The molecule has 4 bridgehead atoms. The van der Waals surface area contributed by atoms with E-state index < -0.39 is 0 Å². The summed E-state index contributed by atoms with van der Waals surface area (Å²) in [5.74, 6) is 6.05. The molecule has 0 aromatic carbocycles.